The number of anilines is 1. The maximum Gasteiger partial charge on any atom is 0.416 e. The van der Waals surface area contributed by atoms with Gasteiger partial charge in [-0.05, 0) is 56.7 Å². The Morgan fingerprint density at radius 2 is 1.53 bits per heavy atom. The predicted molar refractivity (Wildman–Crippen MR) is 119 cm³/mol. The summed E-state index contributed by atoms with van der Waals surface area (Å²) in [6, 6.07) is 8.00. The summed E-state index contributed by atoms with van der Waals surface area (Å²) < 4.78 is 84.5. The maximum atomic E-state index is 13.4. The Bertz CT molecular complexity index is 1240. The third-order valence-corrected chi connectivity index (χ3v) is 5.70. The number of hydrogen-bond acceptors (Lipinski definition) is 5. The van der Waals surface area contributed by atoms with Crippen molar-refractivity contribution in [2.45, 2.75) is 39.0 Å². The molecular weight excluding hydrogens is 490 g/mol. The summed E-state index contributed by atoms with van der Waals surface area (Å²) in [5.41, 5.74) is 4.32. The van der Waals surface area contributed by atoms with Crippen LogP contribution in [0.1, 0.15) is 43.4 Å². The minimum Gasteiger partial charge on any atom is -0.463 e. The molecule has 3 rings (SSSR count). The molecule has 1 heterocycles. The van der Waals surface area contributed by atoms with E-state index in [1.807, 2.05) is 0 Å². The van der Waals surface area contributed by atoms with E-state index in [2.05, 4.69) is 0 Å². The van der Waals surface area contributed by atoms with Gasteiger partial charge in [0.15, 0.2) is 5.78 Å². The average Bonchev–Trinajstić information content (AvgIpc) is 2.77. The lowest BCUT2D eigenvalue weighted by Gasteiger charge is -2.37. The lowest BCUT2D eigenvalue weighted by Crippen LogP contribution is -2.38. The molecular formula is C25H22F6N2O3. The number of nitrogens with two attached hydrogens (primary N) is 1. The van der Waals surface area contributed by atoms with E-state index in [1.165, 1.54) is 26.8 Å². The number of alkyl halides is 6. The number of benzene rings is 2. The molecule has 36 heavy (non-hydrogen) atoms. The molecule has 5 nitrogen and oxygen atoms in total. The van der Waals surface area contributed by atoms with Gasteiger partial charge in [-0.25, -0.2) is 4.79 Å². The third-order valence-electron chi connectivity index (χ3n) is 5.70. The Morgan fingerprint density at radius 1 is 0.944 bits per heavy atom. The van der Waals surface area contributed by atoms with Crippen LogP contribution in [0.25, 0.3) is 0 Å². The number of Topliss-reactive ketones (excluding diaryl/α,β-unsaturated/α-hetero) is 1. The summed E-state index contributed by atoms with van der Waals surface area (Å²) >= 11 is 0. The van der Waals surface area contributed by atoms with E-state index < -0.39 is 41.1 Å². The molecule has 2 N–H and O–H groups in total. The van der Waals surface area contributed by atoms with E-state index >= 15 is 0 Å². The monoisotopic (exact) mass is 512 g/mol. The standard InChI is InChI=1S/C25H22F6N2O3/c1-4-36-23(35)21-20(15-8-10-16(11-9-15)24(26,27)28)19(14(3)34)13(2)33(22(21)32)18-7-5-6-17(12-18)25(29,30)31/h5-12,20H,4,32H2,1-3H3. The summed E-state index contributed by atoms with van der Waals surface area (Å²) in [4.78, 5) is 26.9. The number of nitrogens with zero attached hydrogens (tertiary/aromatic N) is 1. The quantitative estimate of drug-likeness (QED) is 0.398. The van der Waals surface area contributed by atoms with Crippen molar-refractivity contribution >= 4 is 17.4 Å². The predicted octanol–water partition coefficient (Wildman–Crippen LogP) is 5.92. The van der Waals surface area contributed by atoms with Crippen LogP contribution >= 0.6 is 0 Å². The molecule has 0 aromatic heterocycles. The van der Waals surface area contributed by atoms with Crippen LogP contribution in [0.2, 0.25) is 0 Å². The second kappa shape index (κ2) is 9.71. The molecule has 11 heteroatoms. The molecule has 0 amide bonds. The fraction of sp³-hybridized carbons (Fsp3) is 0.280. The first-order valence-corrected chi connectivity index (χ1v) is 10.7. The maximum absolute atomic E-state index is 13.4. The first-order valence-electron chi connectivity index (χ1n) is 10.7. The lowest BCUT2D eigenvalue weighted by atomic mass is 9.79. The lowest BCUT2D eigenvalue weighted by molar-refractivity contribution is -0.139. The number of ether oxygens (including phenoxy) is 1. The van der Waals surface area contributed by atoms with Crippen LogP contribution in [0, 0.1) is 0 Å². The van der Waals surface area contributed by atoms with Crippen LogP contribution in [-0.4, -0.2) is 18.4 Å². The highest BCUT2D eigenvalue weighted by Gasteiger charge is 2.41. The van der Waals surface area contributed by atoms with Crippen molar-refractivity contribution in [2.24, 2.45) is 5.73 Å². The average molecular weight is 512 g/mol. The van der Waals surface area contributed by atoms with Gasteiger partial charge in [0.05, 0.1) is 29.2 Å². The van der Waals surface area contributed by atoms with Gasteiger partial charge in [-0.3, -0.25) is 4.79 Å². The zero-order chi connectivity index (χ0) is 27.0. The highest BCUT2D eigenvalue weighted by Crippen LogP contribution is 2.44. The van der Waals surface area contributed by atoms with Gasteiger partial charge < -0.3 is 15.4 Å². The van der Waals surface area contributed by atoms with E-state index in [9.17, 15) is 35.9 Å². The third kappa shape index (κ3) is 5.09. The minimum atomic E-state index is -4.67. The number of ketones is 1. The minimum absolute atomic E-state index is 0.0237. The molecule has 0 saturated heterocycles. The van der Waals surface area contributed by atoms with Gasteiger partial charge in [-0.1, -0.05) is 18.2 Å². The first kappa shape index (κ1) is 26.8. The number of rotatable bonds is 5. The molecule has 0 fully saturated rings. The summed E-state index contributed by atoms with van der Waals surface area (Å²) in [6.07, 6.45) is -9.28. The van der Waals surface area contributed by atoms with Crippen molar-refractivity contribution in [3.8, 4) is 0 Å². The summed E-state index contributed by atoms with van der Waals surface area (Å²) in [5.74, 6) is -3.02. The van der Waals surface area contributed by atoms with Gasteiger partial charge in [-0.15, -0.1) is 0 Å². The Balaban J connectivity index is 2.29. The summed E-state index contributed by atoms with van der Waals surface area (Å²) in [5, 5.41) is 0. The van der Waals surface area contributed by atoms with Crippen molar-refractivity contribution in [1.82, 2.24) is 0 Å². The molecule has 2 aromatic rings. The zero-order valence-electron chi connectivity index (χ0n) is 19.4. The zero-order valence-corrected chi connectivity index (χ0v) is 19.4. The number of allylic oxidation sites excluding steroid dienone is 2. The Hall–Kier alpha value is -3.76. The Labute approximate surface area is 202 Å². The molecule has 1 aliphatic heterocycles. The van der Waals surface area contributed by atoms with Gasteiger partial charge in [-0.2, -0.15) is 26.3 Å². The van der Waals surface area contributed by atoms with Gasteiger partial charge in [0.25, 0.3) is 0 Å². The molecule has 0 radical (unpaired) electrons. The molecule has 1 atom stereocenters. The molecule has 0 aliphatic carbocycles. The molecule has 1 aliphatic rings. The van der Waals surface area contributed by atoms with E-state index in [0.29, 0.717) is 0 Å². The van der Waals surface area contributed by atoms with Gasteiger partial charge >= 0.3 is 18.3 Å². The fourth-order valence-electron chi connectivity index (χ4n) is 4.16. The van der Waals surface area contributed by atoms with E-state index in [1.54, 1.807) is 0 Å². The molecule has 0 saturated carbocycles. The largest absolute Gasteiger partial charge is 0.463 e. The Morgan fingerprint density at radius 3 is 2.03 bits per heavy atom. The van der Waals surface area contributed by atoms with Gasteiger partial charge in [0, 0.05) is 17.0 Å². The van der Waals surface area contributed by atoms with Crippen LogP contribution < -0.4 is 10.6 Å². The second-order valence-corrected chi connectivity index (χ2v) is 8.01. The van der Waals surface area contributed by atoms with Crippen molar-refractivity contribution in [1.29, 1.82) is 0 Å². The molecule has 192 valence electrons. The van der Waals surface area contributed by atoms with Crippen molar-refractivity contribution in [3.05, 3.63) is 87.9 Å². The van der Waals surface area contributed by atoms with Crippen molar-refractivity contribution in [3.63, 3.8) is 0 Å². The van der Waals surface area contributed by atoms with Crippen LogP contribution in [0.15, 0.2) is 71.2 Å². The summed E-state index contributed by atoms with van der Waals surface area (Å²) in [7, 11) is 0. The first-order chi connectivity index (χ1) is 16.7. The van der Waals surface area contributed by atoms with E-state index in [0.717, 1.165) is 47.4 Å². The number of hydrogen-bond donors (Lipinski definition) is 1. The number of esters is 1. The Kier molecular flexibility index (Phi) is 7.24. The fourth-order valence-corrected chi connectivity index (χ4v) is 4.16. The number of carbonyl (C=O) groups is 2. The van der Waals surface area contributed by atoms with Crippen LogP contribution in [0.5, 0.6) is 0 Å². The normalized spacial score (nSPS) is 16.9. The van der Waals surface area contributed by atoms with Crippen molar-refractivity contribution in [2.75, 3.05) is 11.5 Å². The van der Waals surface area contributed by atoms with Crippen LogP contribution in [0.4, 0.5) is 32.0 Å². The number of carbonyl (C=O) groups excluding carboxylic acids is 2. The molecule has 0 bridgehead atoms. The molecule has 2 aromatic carbocycles. The smallest absolute Gasteiger partial charge is 0.416 e. The van der Waals surface area contributed by atoms with Gasteiger partial charge in [0.2, 0.25) is 0 Å². The van der Waals surface area contributed by atoms with Crippen LogP contribution in [0.3, 0.4) is 0 Å². The molecule has 0 spiro atoms. The highest BCUT2D eigenvalue weighted by atomic mass is 19.4. The van der Waals surface area contributed by atoms with Crippen LogP contribution in [-0.2, 0) is 26.7 Å². The van der Waals surface area contributed by atoms with Gasteiger partial charge in [0.1, 0.15) is 5.82 Å². The molecule has 1 unspecified atom stereocenters. The van der Waals surface area contributed by atoms with E-state index in [4.69, 9.17) is 10.5 Å². The van der Waals surface area contributed by atoms with E-state index in [-0.39, 0.29) is 40.5 Å². The second-order valence-electron chi connectivity index (χ2n) is 8.01. The SMILES string of the molecule is CCOC(=O)C1=C(N)N(c2cccc(C(F)(F)F)c2)C(C)=C(C(C)=O)C1c1ccc(C(F)(F)F)cc1. The topological polar surface area (TPSA) is 72.6 Å². The summed E-state index contributed by atoms with van der Waals surface area (Å²) in [6.45, 7) is 4.05. The highest BCUT2D eigenvalue weighted by molar-refractivity contribution is 6.03. The number of halogens is 6. The van der Waals surface area contributed by atoms with Crippen molar-refractivity contribution < 1.29 is 40.7 Å².